The van der Waals surface area contributed by atoms with E-state index in [1.54, 1.807) is 25.1 Å². The number of aryl methyl sites for hydroxylation is 1. The quantitative estimate of drug-likeness (QED) is 0.651. The lowest BCUT2D eigenvalue weighted by Crippen LogP contribution is -2.04. The summed E-state index contributed by atoms with van der Waals surface area (Å²) in [6.45, 7) is 3.66. The number of ether oxygens (including phenoxy) is 1. The normalized spacial score (nSPS) is 12.0. The zero-order valence-corrected chi connectivity index (χ0v) is 13.3. The predicted molar refractivity (Wildman–Crippen MR) is 84.7 cm³/mol. The molecule has 0 saturated heterocycles. The first-order valence-electron chi connectivity index (χ1n) is 6.36. The van der Waals surface area contributed by atoms with Crippen LogP contribution >= 0.6 is 15.9 Å². The first-order chi connectivity index (χ1) is 9.88. The van der Waals surface area contributed by atoms with Crippen LogP contribution in [0.4, 0.5) is 5.69 Å². The van der Waals surface area contributed by atoms with Crippen LogP contribution in [0.1, 0.15) is 24.1 Å². The van der Waals surface area contributed by atoms with Crippen LogP contribution in [0.2, 0.25) is 0 Å². The molecule has 2 aromatic rings. The van der Waals surface area contributed by atoms with E-state index in [0.717, 1.165) is 5.56 Å². The zero-order valence-electron chi connectivity index (χ0n) is 11.7. The summed E-state index contributed by atoms with van der Waals surface area (Å²) in [4.78, 5) is 10.7. The SMILES string of the molecule is Cc1cc(Br)cc([N+](=O)[O-])c1Oc1ccc([C@@H](C)N)cc1. The molecular formula is C15H15BrN2O3. The number of benzene rings is 2. The Bertz CT molecular complexity index is 669. The van der Waals surface area contributed by atoms with Gasteiger partial charge in [0, 0.05) is 16.6 Å². The number of nitrogens with two attached hydrogens (primary N) is 1. The number of rotatable bonds is 4. The van der Waals surface area contributed by atoms with Gasteiger partial charge in [-0.3, -0.25) is 10.1 Å². The molecule has 0 saturated carbocycles. The number of hydrogen-bond donors (Lipinski definition) is 1. The zero-order chi connectivity index (χ0) is 15.6. The summed E-state index contributed by atoms with van der Waals surface area (Å²) in [5.41, 5.74) is 7.38. The van der Waals surface area contributed by atoms with E-state index in [1.165, 1.54) is 6.07 Å². The Morgan fingerprint density at radius 1 is 1.29 bits per heavy atom. The summed E-state index contributed by atoms with van der Waals surface area (Å²) >= 11 is 3.25. The van der Waals surface area contributed by atoms with Crippen LogP contribution in [0.25, 0.3) is 0 Å². The highest BCUT2D eigenvalue weighted by Gasteiger charge is 2.19. The van der Waals surface area contributed by atoms with Crippen LogP contribution in [0.3, 0.4) is 0 Å². The van der Waals surface area contributed by atoms with E-state index in [4.69, 9.17) is 10.5 Å². The second kappa shape index (κ2) is 6.24. The Hall–Kier alpha value is -1.92. The molecule has 1 atom stereocenters. The molecule has 2 aromatic carbocycles. The number of nitro groups is 1. The lowest BCUT2D eigenvalue weighted by Gasteiger charge is -2.11. The summed E-state index contributed by atoms with van der Waals surface area (Å²) in [5.74, 6) is 0.782. The van der Waals surface area contributed by atoms with E-state index in [-0.39, 0.29) is 17.5 Å². The van der Waals surface area contributed by atoms with E-state index in [1.807, 2.05) is 19.1 Å². The van der Waals surface area contributed by atoms with Gasteiger partial charge in [-0.2, -0.15) is 0 Å². The molecule has 0 aliphatic heterocycles. The molecule has 0 aromatic heterocycles. The molecule has 5 nitrogen and oxygen atoms in total. The molecular weight excluding hydrogens is 336 g/mol. The van der Waals surface area contributed by atoms with E-state index in [0.29, 0.717) is 15.8 Å². The summed E-state index contributed by atoms with van der Waals surface area (Å²) < 4.78 is 6.33. The lowest BCUT2D eigenvalue weighted by molar-refractivity contribution is -0.385. The molecule has 0 heterocycles. The van der Waals surface area contributed by atoms with Gasteiger partial charge in [0.15, 0.2) is 0 Å². The average Bonchev–Trinajstić information content (AvgIpc) is 2.41. The molecule has 6 heteroatoms. The standard InChI is InChI=1S/C15H15BrN2O3/c1-9-7-12(16)8-14(18(19)20)15(9)21-13-5-3-11(4-6-13)10(2)17/h3-8,10H,17H2,1-2H3/t10-/m1/s1. The Balaban J connectivity index is 2.37. The van der Waals surface area contributed by atoms with E-state index < -0.39 is 4.92 Å². The van der Waals surface area contributed by atoms with Crippen molar-refractivity contribution in [1.29, 1.82) is 0 Å². The molecule has 0 spiro atoms. The van der Waals surface area contributed by atoms with Crippen molar-refractivity contribution in [3.05, 3.63) is 62.1 Å². The molecule has 0 radical (unpaired) electrons. The predicted octanol–water partition coefficient (Wildman–Crippen LogP) is 4.48. The highest BCUT2D eigenvalue weighted by molar-refractivity contribution is 9.10. The molecule has 110 valence electrons. The van der Waals surface area contributed by atoms with Gasteiger partial charge >= 0.3 is 5.69 Å². The third kappa shape index (κ3) is 3.59. The average molecular weight is 351 g/mol. The molecule has 0 aliphatic carbocycles. The van der Waals surface area contributed by atoms with Gasteiger partial charge in [0.2, 0.25) is 5.75 Å². The third-order valence-electron chi connectivity index (χ3n) is 3.04. The van der Waals surface area contributed by atoms with Crippen molar-refractivity contribution >= 4 is 21.6 Å². The fourth-order valence-corrected chi connectivity index (χ4v) is 2.50. The minimum atomic E-state index is -0.455. The second-order valence-electron chi connectivity index (χ2n) is 4.79. The number of nitrogens with zero attached hydrogens (tertiary/aromatic N) is 1. The fraction of sp³-hybridized carbons (Fsp3) is 0.200. The first kappa shape index (κ1) is 15.5. The molecule has 0 bridgehead atoms. The lowest BCUT2D eigenvalue weighted by atomic mass is 10.1. The minimum Gasteiger partial charge on any atom is -0.450 e. The van der Waals surface area contributed by atoms with Crippen molar-refractivity contribution in [1.82, 2.24) is 0 Å². The highest BCUT2D eigenvalue weighted by Crippen LogP contribution is 2.37. The van der Waals surface area contributed by atoms with E-state index in [9.17, 15) is 10.1 Å². The van der Waals surface area contributed by atoms with Gasteiger partial charge in [0.25, 0.3) is 0 Å². The van der Waals surface area contributed by atoms with Crippen LogP contribution in [0.15, 0.2) is 40.9 Å². The highest BCUT2D eigenvalue weighted by atomic mass is 79.9. The van der Waals surface area contributed by atoms with E-state index >= 15 is 0 Å². The Labute approximate surface area is 131 Å². The van der Waals surface area contributed by atoms with Crippen LogP contribution in [-0.4, -0.2) is 4.92 Å². The van der Waals surface area contributed by atoms with Gasteiger partial charge in [0.05, 0.1) is 4.92 Å². The Kier molecular flexibility index (Phi) is 4.59. The van der Waals surface area contributed by atoms with Crippen molar-refractivity contribution < 1.29 is 9.66 Å². The molecule has 0 fully saturated rings. The van der Waals surface area contributed by atoms with Gasteiger partial charge in [-0.15, -0.1) is 0 Å². The molecule has 2 N–H and O–H groups in total. The fourth-order valence-electron chi connectivity index (χ4n) is 1.94. The molecule has 0 aliphatic rings. The van der Waals surface area contributed by atoms with Crippen molar-refractivity contribution in [3.8, 4) is 11.5 Å². The minimum absolute atomic E-state index is 0.0668. The summed E-state index contributed by atoms with van der Waals surface area (Å²) in [6.07, 6.45) is 0. The van der Waals surface area contributed by atoms with Gasteiger partial charge < -0.3 is 10.5 Å². The van der Waals surface area contributed by atoms with Crippen LogP contribution < -0.4 is 10.5 Å². The maximum atomic E-state index is 11.1. The number of hydrogen-bond acceptors (Lipinski definition) is 4. The van der Waals surface area contributed by atoms with Crippen LogP contribution in [0.5, 0.6) is 11.5 Å². The van der Waals surface area contributed by atoms with Crippen LogP contribution in [-0.2, 0) is 0 Å². The maximum absolute atomic E-state index is 11.1. The molecule has 2 rings (SSSR count). The van der Waals surface area contributed by atoms with Gasteiger partial charge in [0.1, 0.15) is 5.75 Å². The largest absolute Gasteiger partial charge is 0.450 e. The van der Waals surface area contributed by atoms with Crippen molar-refractivity contribution in [2.45, 2.75) is 19.9 Å². The van der Waals surface area contributed by atoms with Crippen LogP contribution in [0, 0.1) is 17.0 Å². The van der Waals surface area contributed by atoms with Gasteiger partial charge in [-0.1, -0.05) is 28.1 Å². The van der Waals surface area contributed by atoms with Crippen molar-refractivity contribution in [3.63, 3.8) is 0 Å². The summed E-state index contributed by atoms with van der Waals surface area (Å²) in [7, 11) is 0. The number of nitro benzene ring substituents is 1. The van der Waals surface area contributed by atoms with Gasteiger partial charge in [-0.25, -0.2) is 0 Å². The first-order valence-corrected chi connectivity index (χ1v) is 7.15. The molecule has 0 unspecified atom stereocenters. The van der Waals surface area contributed by atoms with E-state index in [2.05, 4.69) is 15.9 Å². The second-order valence-corrected chi connectivity index (χ2v) is 5.70. The Morgan fingerprint density at radius 2 is 1.90 bits per heavy atom. The van der Waals surface area contributed by atoms with Gasteiger partial charge in [-0.05, 0) is 43.2 Å². The summed E-state index contributed by atoms with van der Waals surface area (Å²) in [5, 5.41) is 11.1. The molecule has 21 heavy (non-hydrogen) atoms. The smallest absolute Gasteiger partial charge is 0.312 e. The third-order valence-corrected chi connectivity index (χ3v) is 3.50. The maximum Gasteiger partial charge on any atom is 0.312 e. The van der Waals surface area contributed by atoms with Crippen molar-refractivity contribution in [2.24, 2.45) is 5.73 Å². The monoisotopic (exact) mass is 350 g/mol. The number of halogens is 1. The van der Waals surface area contributed by atoms with Crippen molar-refractivity contribution in [2.75, 3.05) is 0 Å². The molecule has 0 amide bonds. The Morgan fingerprint density at radius 3 is 2.43 bits per heavy atom. The topological polar surface area (TPSA) is 78.4 Å². The summed E-state index contributed by atoms with van der Waals surface area (Å²) in [6, 6.07) is 10.3.